The van der Waals surface area contributed by atoms with Crippen LogP contribution in [0.2, 0.25) is 0 Å². The van der Waals surface area contributed by atoms with E-state index in [4.69, 9.17) is 5.11 Å². The van der Waals surface area contributed by atoms with Gasteiger partial charge in [-0.3, -0.25) is 0 Å². The van der Waals surface area contributed by atoms with Crippen LogP contribution in [0.1, 0.15) is 12.5 Å². The highest BCUT2D eigenvalue weighted by Gasteiger charge is 2.08. The lowest BCUT2D eigenvalue weighted by Gasteiger charge is -2.11. The molecule has 0 saturated carbocycles. The summed E-state index contributed by atoms with van der Waals surface area (Å²) in [5.41, 5.74) is 0.00722. The fraction of sp³-hybridized carbons (Fsp3) is 0.400. The molecule has 2 nitrogen and oxygen atoms in total. The maximum atomic E-state index is 13.1. The molecule has 1 rings (SSSR count). The van der Waals surface area contributed by atoms with Gasteiger partial charge < -0.3 is 10.4 Å². The molecule has 0 heterocycles. The zero-order chi connectivity index (χ0) is 10.6. The maximum Gasteiger partial charge on any atom is 0.130 e. The van der Waals surface area contributed by atoms with Gasteiger partial charge >= 0.3 is 0 Å². The van der Waals surface area contributed by atoms with Crippen molar-refractivity contribution in [1.29, 1.82) is 0 Å². The van der Waals surface area contributed by atoms with Gasteiger partial charge in [-0.1, -0.05) is 6.07 Å². The van der Waals surface area contributed by atoms with Gasteiger partial charge in [0.15, 0.2) is 0 Å². The largest absolute Gasteiger partial charge is 0.395 e. The number of aliphatic hydroxyl groups excluding tert-OH is 1. The molecule has 0 aliphatic rings. The first-order valence-electron chi connectivity index (χ1n) is 4.42. The average Bonchev–Trinajstić information content (AvgIpc) is 2.16. The molecule has 4 heteroatoms. The van der Waals surface area contributed by atoms with Crippen LogP contribution in [0.25, 0.3) is 0 Å². The molecule has 0 radical (unpaired) electrons. The van der Waals surface area contributed by atoms with E-state index in [-0.39, 0.29) is 24.8 Å². The molecule has 0 aliphatic carbocycles. The summed E-state index contributed by atoms with van der Waals surface area (Å²) < 4.78 is 26.1. The first kappa shape index (κ1) is 11.1. The van der Waals surface area contributed by atoms with Crippen molar-refractivity contribution < 1.29 is 13.9 Å². The zero-order valence-electron chi connectivity index (χ0n) is 7.93. The Hall–Kier alpha value is -1.00. The van der Waals surface area contributed by atoms with Crippen LogP contribution in [0.15, 0.2) is 18.2 Å². The topological polar surface area (TPSA) is 32.3 Å². The van der Waals surface area contributed by atoms with E-state index >= 15 is 0 Å². The predicted octanol–water partition coefficient (Wildman–Crippen LogP) is 1.44. The molecule has 0 amide bonds. The first-order valence-corrected chi connectivity index (χ1v) is 4.42. The highest BCUT2D eigenvalue weighted by molar-refractivity contribution is 5.19. The van der Waals surface area contributed by atoms with Gasteiger partial charge in [-0.05, 0) is 19.1 Å². The third-order valence-electron chi connectivity index (χ3n) is 1.96. The van der Waals surface area contributed by atoms with Crippen molar-refractivity contribution >= 4 is 0 Å². The van der Waals surface area contributed by atoms with Crippen LogP contribution >= 0.6 is 0 Å². The Morgan fingerprint density at radius 3 is 2.43 bits per heavy atom. The molecule has 0 aliphatic heterocycles. The number of halogens is 2. The van der Waals surface area contributed by atoms with Gasteiger partial charge in [0.2, 0.25) is 0 Å². The van der Waals surface area contributed by atoms with Crippen molar-refractivity contribution in [3.63, 3.8) is 0 Å². The average molecular weight is 201 g/mol. The smallest absolute Gasteiger partial charge is 0.130 e. The maximum absolute atomic E-state index is 13.1. The second kappa shape index (κ2) is 5.02. The van der Waals surface area contributed by atoms with Crippen LogP contribution in [0.4, 0.5) is 8.78 Å². The molecule has 14 heavy (non-hydrogen) atoms. The summed E-state index contributed by atoms with van der Waals surface area (Å²) in [6.07, 6.45) is 0. The Morgan fingerprint density at radius 1 is 1.36 bits per heavy atom. The van der Waals surface area contributed by atoms with Crippen LogP contribution in [-0.2, 0) is 6.54 Å². The summed E-state index contributed by atoms with van der Waals surface area (Å²) in [5, 5.41) is 11.5. The SMILES string of the molecule is C[C@H](CO)NCc1c(F)cccc1F. The Morgan fingerprint density at radius 2 is 1.93 bits per heavy atom. The lowest BCUT2D eigenvalue weighted by Crippen LogP contribution is -2.29. The summed E-state index contributed by atoms with van der Waals surface area (Å²) in [6, 6.07) is 3.57. The van der Waals surface area contributed by atoms with Gasteiger partial charge in [0.25, 0.3) is 0 Å². The van der Waals surface area contributed by atoms with E-state index in [0.29, 0.717) is 0 Å². The minimum absolute atomic E-state index is 0.00722. The number of nitrogens with one attached hydrogen (secondary N) is 1. The van der Waals surface area contributed by atoms with E-state index in [2.05, 4.69) is 5.32 Å². The van der Waals surface area contributed by atoms with Crippen LogP contribution in [0, 0.1) is 11.6 Å². The van der Waals surface area contributed by atoms with Crippen molar-refractivity contribution in [2.24, 2.45) is 0 Å². The molecule has 0 bridgehead atoms. The number of rotatable bonds is 4. The van der Waals surface area contributed by atoms with Crippen LogP contribution in [0.3, 0.4) is 0 Å². The van der Waals surface area contributed by atoms with E-state index in [1.165, 1.54) is 18.2 Å². The summed E-state index contributed by atoms with van der Waals surface area (Å²) >= 11 is 0. The van der Waals surface area contributed by atoms with Gasteiger partial charge in [0, 0.05) is 18.2 Å². The molecule has 0 spiro atoms. The van der Waals surface area contributed by atoms with Gasteiger partial charge in [-0.2, -0.15) is 0 Å². The van der Waals surface area contributed by atoms with E-state index in [9.17, 15) is 8.78 Å². The molecule has 1 aromatic carbocycles. The molecular formula is C10H13F2NO. The lowest BCUT2D eigenvalue weighted by atomic mass is 10.2. The fourth-order valence-corrected chi connectivity index (χ4v) is 1.04. The van der Waals surface area contributed by atoms with E-state index < -0.39 is 11.6 Å². The normalized spacial score (nSPS) is 12.9. The van der Waals surface area contributed by atoms with E-state index in [0.717, 1.165) is 0 Å². The van der Waals surface area contributed by atoms with E-state index in [1.807, 2.05) is 0 Å². The lowest BCUT2D eigenvalue weighted by molar-refractivity contribution is 0.250. The number of hydrogen-bond acceptors (Lipinski definition) is 2. The second-order valence-electron chi connectivity index (χ2n) is 3.16. The molecule has 2 N–H and O–H groups in total. The summed E-state index contributed by atoms with van der Waals surface area (Å²) in [4.78, 5) is 0. The Labute approximate surface area is 81.6 Å². The molecule has 0 aromatic heterocycles. The molecule has 1 atom stereocenters. The third kappa shape index (κ3) is 2.75. The number of hydrogen-bond donors (Lipinski definition) is 2. The molecule has 0 saturated heterocycles. The third-order valence-corrected chi connectivity index (χ3v) is 1.96. The highest BCUT2D eigenvalue weighted by Crippen LogP contribution is 2.11. The Kier molecular flexibility index (Phi) is 3.98. The van der Waals surface area contributed by atoms with Gasteiger partial charge in [0.05, 0.1) is 6.61 Å². The zero-order valence-corrected chi connectivity index (χ0v) is 7.93. The minimum atomic E-state index is -0.567. The van der Waals surface area contributed by atoms with E-state index in [1.54, 1.807) is 6.92 Å². The van der Waals surface area contributed by atoms with Crippen LogP contribution in [-0.4, -0.2) is 17.8 Å². The standard InChI is InChI=1S/C10H13F2NO/c1-7(6-14)13-5-8-9(11)3-2-4-10(8)12/h2-4,7,13-14H,5-6H2,1H3/t7-/m1/s1. The fourth-order valence-electron chi connectivity index (χ4n) is 1.04. The number of aliphatic hydroxyl groups is 1. The predicted molar refractivity (Wildman–Crippen MR) is 49.7 cm³/mol. The summed E-state index contributed by atoms with van der Waals surface area (Å²) in [6.45, 7) is 1.76. The van der Waals surface area contributed by atoms with Gasteiger partial charge in [0.1, 0.15) is 11.6 Å². The van der Waals surface area contributed by atoms with Gasteiger partial charge in [-0.15, -0.1) is 0 Å². The Bertz CT molecular complexity index is 284. The molecule has 0 unspecified atom stereocenters. The van der Waals surface area contributed by atoms with Crippen LogP contribution in [0.5, 0.6) is 0 Å². The quantitative estimate of drug-likeness (QED) is 0.772. The van der Waals surface area contributed by atoms with Gasteiger partial charge in [-0.25, -0.2) is 8.78 Å². The highest BCUT2D eigenvalue weighted by atomic mass is 19.1. The van der Waals surface area contributed by atoms with Crippen molar-refractivity contribution in [1.82, 2.24) is 5.32 Å². The second-order valence-corrected chi connectivity index (χ2v) is 3.16. The molecular weight excluding hydrogens is 188 g/mol. The van der Waals surface area contributed by atoms with Crippen molar-refractivity contribution in [3.05, 3.63) is 35.4 Å². The monoisotopic (exact) mass is 201 g/mol. The first-order chi connectivity index (χ1) is 6.65. The molecule has 1 aromatic rings. The van der Waals surface area contributed by atoms with Crippen LogP contribution < -0.4 is 5.32 Å². The molecule has 0 fully saturated rings. The Balaban J connectivity index is 2.66. The minimum Gasteiger partial charge on any atom is -0.395 e. The summed E-state index contributed by atoms with van der Waals surface area (Å²) in [5.74, 6) is -1.13. The van der Waals surface area contributed by atoms with Crippen molar-refractivity contribution in [3.8, 4) is 0 Å². The number of benzene rings is 1. The van der Waals surface area contributed by atoms with Crippen molar-refractivity contribution in [2.45, 2.75) is 19.5 Å². The molecule has 78 valence electrons. The van der Waals surface area contributed by atoms with Crippen molar-refractivity contribution in [2.75, 3.05) is 6.61 Å². The summed E-state index contributed by atoms with van der Waals surface area (Å²) in [7, 11) is 0.